The fourth-order valence-electron chi connectivity index (χ4n) is 0.451. The lowest BCUT2D eigenvalue weighted by Gasteiger charge is -1.72. The van der Waals surface area contributed by atoms with Gasteiger partial charge in [0, 0.05) is 6.54 Å². The Morgan fingerprint density at radius 3 is 2.29 bits per heavy atom. The van der Waals surface area contributed by atoms with Gasteiger partial charge in [-0.2, -0.15) is 0 Å². The van der Waals surface area contributed by atoms with Gasteiger partial charge in [-0.1, -0.05) is 12.2 Å². The van der Waals surface area contributed by atoms with Crippen molar-refractivity contribution in [3.63, 3.8) is 0 Å². The van der Waals surface area contributed by atoms with Crippen LogP contribution < -0.4 is 5.56 Å². The Bertz CT molecular complexity index is 205. The Hall–Kier alpha value is -0.440. The zero-order valence-electron chi connectivity index (χ0n) is 3.97. The van der Waals surface area contributed by atoms with Gasteiger partial charge in [0.1, 0.15) is 0 Å². The maximum atomic E-state index is 10.2. The molecule has 1 rings (SSSR count). The van der Waals surface area contributed by atoms with Crippen molar-refractivity contribution in [3.05, 3.63) is 15.0 Å². The van der Waals surface area contributed by atoms with E-state index in [0.29, 0.717) is 4.64 Å². The zero-order chi connectivity index (χ0) is 5.44. The minimum atomic E-state index is 0.0255. The molecule has 3 heteroatoms. The van der Waals surface area contributed by atoms with E-state index in [4.69, 9.17) is 0 Å². The van der Waals surface area contributed by atoms with Gasteiger partial charge in [0.15, 0.2) is 4.64 Å². The van der Waals surface area contributed by atoms with Crippen LogP contribution in [-0.4, -0.2) is 4.57 Å². The largest absolute Gasteiger partial charge is 0.293 e. The Balaban J connectivity index is 3.03. The van der Waals surface area contributed by atoms with E-state index >= 15 is 0 Å². The van der Waals surface area contributed by atoms with E-state index < -0.39 is 0 Å². The molecule has 0 unspecified atom stereocenters. The van der Waals surface area contributed by atoms with Gasteiger partial charge in [-0.3, -0.25) is 9.36 Å². The Morgan fingerprint density at radius 1 is 1.86 bits per heavy atom. The molecule has 0 radical (unpaired) electrons. The summed E-state index contributed by atoms with van der Waals surface area (Å²) in [5.41, 5.74) is 0.0255. The smallest absolute Gasteiger partial charge is 0.287 e. The second-order valence-corrected chi connectivity index (χ2v) is 1.74. The lowest BCUT2D eigenvalue weighted by atomic mass is 10.8. The van der Waals surface area contributed by atoms with Crippen LogP contribution in [0.2, 0.25) is 0 Å². The van der Waals surface area contributed by atoms with E-state index in [1.165, 1.54) is 0 Å². The normalized spacial score (nSPS) is 10.4. The van der Waals surface area contributed by atoms with Crippen LogP contribution in [0.15, 0.2) is 4.79 Å². The third kappa shape index (κ3) is 0.527. The first-order chi connectivity index (χ1) is 3.27. The topological polar surface area (TPSA) is 22.0 Å². The Morgan fingerprint density at radius 2 is 2.29 bits per heavy atom. The number of nitrogens with zero attached hydrogens (tertiary/aromatic N) is 1. The highest BCUT2D eigenvalue weighted by Crippen LogP contribution is 1.85. The second kappa shape index (κ2) is 1.26. The molecule has 1 aromatic heterocycles. The first kappa shape index (κ1) is 4.71. The molecule has 1 aromatic rings. The second-order valence-electron chi connectivity index (χ2n) is 1.35. The van der Waals surface area contributed by atoms with Crippen molar-refractivity contribution in [1.29, 1.82) is 0 Å². The average Bonchev–Trinajstić information content (AvgIpc) is 2.17. The number of aromatic nitrogens is 1. The van der Waals surface area contributed by atoms with E-state index in [1.54, 1.807) is 4.57 Å². The molecule has 0 saturated carbocycles. The fraction of sp³-hybridized carbons (Fsp3) is 0.500. The zero-order valence-corrected chi connectivity index (χ0v) is 4.79. The summed E-state index contributed by atoms with van der Waals surface area (Å²) in [6, 6.07) is 0. The quantitative estimate of drug-likeness (QED) is 0.496. The molecule has 0 N–H and O–H groups in total. The van der Waals surface area contributed by atoms with Crippen molar-refractivity contribution >= 4 is 12.2 Å². The summed E-state index contributed by atoms with van der Waals surface area (Å²) in [4.78, 5) is 10.2. The molecule has 0 aromatic carbocycles. The molecule has 0 aliphatic heterocycles. The average molecular weight is 115 g/mol. The van der Waals surface area contributed by atoms with Crippen molar-refractivity contribution in [2.75, 3.05) is 0 Å². The van der Waals surface area contributed by atoms with Crippen LogP contribution in [-0.2, 0) is 6.54 Å². The fourth-order valence-corrected chi connectivity index (χ4v) is 0.728. The molecule has 7 heavy (non-hydrogen) atoms. The Kier molecular flexibility index (Phi) is 0.852. The predicted molar refractivity (Wildman–Crippen MR) is 29.6 cm³/mol. The minimum absolute atomic E-state index is 0.0255. The molecular formula is C4H5NOS. The van der Waals surface area contributed by atoms with E-state index in [9.17, 15) is 4.79 Å². The summed E-state index contributed by atoms with van der Waals surface area (Å²) in [5, 5.41) is 0. The molecule has 0 atom stereocenters. The SMILES string of the molecule is CCn1c(=O)c1=S. The van der Waals surface area contributed by atoms with Crippen LogP contribution in [0, 0.1) is 4.64 Å². The third-order valence-electron chi connectivity index (χ3n) is 0.939. The van der Waals surface area contributed by atoms with Crippen LogP contribution >= 0.6 is 12.2 Å². The van der Waals surface area contributed by atoms with Gasteiger partial charge < -0.3 is 0 Å². The molecule has 1 heterocycles. The van der Waals surface area contributed by atoms with E-state index in [1.807, 2.05) is 6.92 Å². The number of hydrogen-bond donors (Lipinski definition) is 0. The standard InChI is InChI=1S/C4H5NOS/c1-2-5-3(6)4(5)7/h2H2,1H3. The van der Waals surface area contributed by atoms with E-state index in [-0.39, 0.29) is 5.56 Å². The molecular weight excluding hydrogens is 110 g/mol. The lowest BCUT2D eigenvalue weighted by molar-refractivity contribution is 0.825. The highest BCUT2D eigenvalue weighted by molar-refractivity contribution is 7.71. The summed E-state index contributed by atoms with van der Waals surface area (Å²) in [6.45, 7) is 2.63. The van der Waals surface area contributed by atoms with Crippen molar-refractivity contribution in [2.45, 2.75) is 13.5 Å². The number of hydrogen-bond acceptors (Lipinski definition) is 2. The summed E-state index contributed by atoms with van der Waals surface area (Å²) in [5.74, 6) is 0. The van der Waals surface area contributed by atoms with Gasteiger partial charge in [-0.25, -0.2) is 0 Å². The van der Waals surface area contributed by atoms with E-state index in [0.717, 1.165) is 6.54 Å². The summed E-state index contributed by atoms with van der Waals surface area (Å²) < 4.78 is 2.04. The summed E-state index contributed by atoms with van der Waals surface area (Å²) in [7, 11) is 0. The molecule has 38 valence electrons. The van der Waals surface area contributed by atoms with Gasteiger partial charge in [-0.05, 0) is 6.92 Å². The van der Waals surface area contributed by atoms with Gasteiger partial charge in [0.2, 0.25) is 0 Å². The van der Waals surface area contributed by atoms with Crippen LogP contribution in [0.3, 0.4) is 0 Å². The van der Waals surface area contributed by atoms with Crippen LogP contribution in [0.4, 0.5) is 0 Å². The molecule has 0 bridgehead atoms. The highest BCUT2D eigenvalue weighted by Gasteiger charge is 2.06. The highest BCUT2D eigenvalue weighted by atomic mass is 32.1. The molecule has 0 aliphatic carbocycles. The Labute approximate surface area is 46.1 Å². The van der Waals surface area contributed by atoms with Crippen LogP contribution in [0.1, 0.15) is 6.92 Å². The molecule has 0 spiro atoms. The number of rotatable bonds is 1. The van der Waals surface area contributed by atoms with Gasteiger partial charge in [0.25, 0.3) is 5.56 Å². The van der Waals surface area contributed by atoms with Crippen molar-refractivity contribution < 1.29 is 0 Å². The van der Waals surface area contributed by atoms with Crippen molar-refractivity contribution in [3.8, 4) is 0 Å². The lowest BCUT2D eigenvalue weighted by Crippen LogP contribution is -1.88. The van der Waals surface area contributed by atoms with Crippen LogP contribution in [0.5, 0.6) is 0 Å². The van der Waals surface area contributed by atoms with Crippen molar-refractivity contribution in [2.24, 2.45) is 0 Å². The summed E-state index contributed by atoms with van der Waals surface area (Å²) in [6.07, 6.45) is 0. The van der Waals surface area contributed by atoms with Crippen LogP contribution in [0.25, 0.3) is 0 Å². The molecule has 0 saturated heterocycles. The van der Waals surface area contributed by atoms with Crippen molar-refractivity contribution in [1.82, 2.24) is 4.57 Å². The predicted octanol–water partition coefficient (Wildman–Crippen LogP) is 0.473. The molecule has 0 aliphatic rings. The first-order valence-corrected chi connectivity index (χ1v) is 2.54. The summed E-state index contributed by atoms with van der Waals surface area (Å²) >= 11 is 4.57. The maximum Gasteiger partial charge on any atom is 0.287 e. The van der Waals surface area contributed by atoms with Gasteiger partial charge >= 0.3 is 0 Å². The molecule has 2 nitrogen and oxygen atoms in total. The first-order valence-electron chi connectivity index (χ1n) is 2.13. The molecule has 0 amide bonds. The van der Waals surface area contributed by atoms with Gasteiger partial charge in [-0.15, -0.1) is 0 Å². The monoisotopic (exact) mass is 115 g/mol. The minimum Gasteiger partial charge on any atom is -0.293 e. The van der Waals surface area contributed by atoms with Gasteiger partial charge in [0.05, 0.1) is 0 Å². The maximum absolute atomic E-state index is 10.2. The molecule has 0 fully saturated rings. The third-order valence-corrected chi connectivity index (χ3v) is 1.33. The van der Waals surface area contributed by atoms with E-state index in [2.05, 4.69) is 12.2 Å².